The molecule has 0 aliphatic carbocycles. The molecule has 1 N–H and O–H groups in total. The molecule has 1 aliphatic heterocycles. The van der Waals surface area contributed by atoms with Crippen molar-refractivity contribution in [2.75, 3.05) is 6.54 Å². The first-order chi connectivity index (χ1) is 9.75. The van der Waals surface area contributed by atoms with Gasteiger partial charge >= 0.3 is 5.97 Å². The molecule has 114 valence electrons. The summed E-state index contributed by atoms with van der Waals surface area (Å²) in [6, 6.07) is 4.63. The van der Waals surface area contributed by atoms with Gasteiger partial charge in [-0.05, 0) is 31.4 Å². The monoisotopic (exact) mass is 311 g/mol. The maximum absolute atomic E-state index is 12.6. The molecule has 7 heteroatoms. The van der Waals surface area contributed by atoms with Crippen molar-refractivity contribution in [2.24, 2.45) is 5.92 Å². The zero-order chi connectivity index (χ0) is 15.8. The summed E-state index contributed by atoms with van der Waals surface area (Å²) in [5, 5.41) is 9.25. The van der Waals surface area contributed by atoms with Crippen LogP contribution in [0.15, 0.2) is 29.2 Å². The third kappa shape index (κ3) is 2.84. The Morgan fingerprint density at radius 2 is 2.00 bits per heavy atom. The van der Waals surface area contributed by atoms with Crippen LogP contribution in [0.3, 0.4) is 0 Å². The number of hydrogen-bond acceptors (Lipinski definition) is 4. The van der Waals surface area contributed by atoms with E-state index in [2.05, 4.69) is 0 Å². The molecule has 6 nitrogen and oxygen atoms in total. The van der Waals surface area contributed by atoms with Crippen molar-refractivity contribution in [3.8, 4) is 0 Å². The molecule has 21 heavy (non-hydrogen) atoms. The standard InChI is InChI=1S/C14H17NO5S/c1-9-6-7-15(13(9)14(17)18)21(19,20)12-5-3-4-11(8-12)10(2)16/h3-5,8-9,13H,6-7H2,1-2H3,(H,17,18). The van der Waals surface area contributed by atoms with E-state index in [4.69, 9.17) is 0 Å². The lowest BCUT2D eigenvalue weighted by atomic mass is 10.0. The van der Waals surface area contributed by atoms with Crippen molar-refractivity contribution in [3.05, 3.63) is 29.8 Å². The number of sulfonamides is 1. The van der Waals surface area contributed by atoms with Crippen LogP contribution in [-0.4, -0.2) is 42.2 Å². The van der Waals surface area contributed by atoms with E-state index in [9.17, 15) is 23.1 Å². The van der Waals surface area contributed by atoms with Gasteiger partial charge in [-0.25, -0.2) is 8.42 Å². The van der Waals surface area contributed by atoms with E-state index in [1.54, 1.807) is 6.92 Å². The van der Waals surface area contributed by atoms with Gasteiger partial charge in [-0.15, -0.1) is 0 Å². The second kappa shape index (κ2) is 5.57. The van der Waals surface area contributed by atoms with Gasteiger partial charge in [0.2, 0.25) is 10.0 Å². The van der Waals surface area contributed by atoms with Crippen LogP contribution in [0.5, 0.6) is 0 Å². The molecule has 0 bridgehead atoms. The normalized spacial score (nSPS) is 23.1. The molecule has 2 unspecified atom stereocenters. The summed E-state index contributed by atoms with van der Waals surface area (Å²) in [5.74, 6) is -1.63. The first-order valence-corrected chi connectivity index (χ1v) is 8.05. The van der Waals surface area contributed by atoms with Crippen LogP contribution in [0.2, 0.25) is 0 Å². The number of carbonyl (C=O) groups excluding carboxylic acids is 1. The molecular weight excluding hydrogens is 294 g/mol. The van der Waals surface area contributed by atoms with Crippen LogP contribution in [0.25, 0.3) is 0 Å². The van der Waals surface area contributed by atoms with Crippen LogP contribution < -0.4 is 0 Å². The summed E-state index contributed by atoms with van der Waals surface area (Å²) in [6.45, 7) is 3.24. The number of carbonyl (C=O) groups is 2. The highest BCUT2D eigenvalue weighted by Gasteiger charge is 2.43. The Labute approximate surface area is 123 Å². The third-order valence-electron chi connectivity index (χ3n) is 3.75. The summed E-state index contributed by atoms with van der Waals surface area (Å²) in [4.78, 5) is 22.6. The Bertz CT molecular complexity index is 682. The van der Waals surface area contributed by atoms with Gasteiger partial charge < -0.3 is 5.11 Å². The van der Waals surface area contributed by atoms with E-state index < -0.39 is 22.0 Å². The quantitative estimate of drug-likeness (QED) is 0.848. The molecule has 1 aromatic carbocycles. The summed E-state index contributed by atoms with van der Waals surface area (Å²) in [6.07, 6.45) is 0.503. The second-order valence-corrected chi connectivity index (χ2v) is 7.14. The Balaban J connectivity index is 2.45. The van der Waals surface area contributed by atoms with Crippen molar-refractivity contribution >= 4 is 21.8 Å². The summed E-state index contributed by atoms with van der Waals surface area (Å²) >= 11 is 0. The average molecular weight is 311 g/mol. The highest BCUT2D eigenvalue weighted by atomic mass is 32.2. The highest BCUT2D eigenvalue weighted by Crippen LogP contribution is 2.30. The number of carboxylic acid groups (broad SMARTS) is 1. The Morgan fingerprint density at radius 3 is 2.57 bits per heavy atom. The maximum atomic E-state index is 12.6. The van der Waals surface area contributed by atoms with Crippen LogP contribution >= 0.6 is 0 Å². The number of hydrogen-bond donors (Lipinski definition) is 1. The zero-order valence-electron chi connectivity index (χ0n) is 11.8. The lowest BCUT2D eigenvalue weighted by Gasteiger charge is -2.23. The van der Waals surface area contributed by atoms with Gasteiger partial charge in [0.05, 0.1) is 4.90 Å². The van der Waals surface area contributed by atoms with Crippen LogP contribution in [0.4, 0.5) is 0 Å². The fraction of sp³-hybridized carbons (Fsp3) is 0.429. The van der Waals surface area contributed by atoms with E-state index in [1.807, 2.05) is 0 Å². The molecule has 1 aliphatic rings. The number of aliphatic carboxylic acids is 1. The molecule has 1 heterocycles. The first kappa shape index (κ1) is 15.7. The maximum Gasteiger partial charge on any atom is 0.322 e. The molecule has 0 radical (unpaired) electrons. The number of ketones is 1. The number of carboxylic acids is 1. The molecule has 2 atom stereocenters. The molecule has 1 fully saturated rings. The van der Waals surface area contributed by atoms with Crippen LogP contribution in [-0.2, 0) is 14.8 Å². The number of Topliss-reactive ketones (excluding diaryl/α,β-unsaturated/α-hetero) is 1. The topological polar surface area (TPSA) is 91.8 Å². The van der Waals surface area contributed by atoms with Gasteiger partial charge in [-0.1, -0.05) is 19.1 Å². The summed E-state index contributed by atoms with van der Waals surface area (Å²) < 4.78 is 26.3. The molecule has 1 aromatic rings. The zero-order valence-corrected chi connectivity index (χ0v) is 12.6. The van der Waals surface area contributed by atoms with Crippen molar-refractivity contribution in [1.82, 2.24) is 4.31 Å². The molecule has 0 amide bonds. The highest BCUT2D eigenvalue weighted by molar-refractivity contribution is 7.89. The Morgan fingerprint density at radius 1 is 1.33 bits per heavy atom. The van der Waals surface area contributed by atoms with E-state index >= 15 is 0 Å². The van der Waals surface area contributed by atoms with Crippen LogP contribution in [0.1, 0.15) is 30.6 Å². The van der Waals surface area contributed by atoms with Crippen molar-refractivity contribution < 1.29 is 23.1 Å². The molecule has 0 spiro atoms. The summed E-state index contributed by atoms with van der Waals surface area (Å²) in [7, 11) is -3.92. The largest absolute Gasteiger partial charge is 0.480 e. The lowest BCUT2D eigenvalue weighted by molar-refractivity contribution is -0.141. The first-order valence-electron chi connectivity index (χ1n) is 6.61. The molecule has 0 saturated carbocycles. The van der Waals surface area contributed by atoms with E-state index in [0.717, 1.165) is 4.31 Å². The van der Waals surface area contributed by atoms with Gasteiger partial charge in [0.15, 0.2) is 5.78 Å². The van der Waals surface area contributed by atoms with E-state index in [1.165, 1.54) is 31.2 Å². The summed E-state index contributed by atoms with van der Waals surface area (Å²) in [5.41, 5.74) is 0.287. The molecular formula is C14H17NO5S. The van der Waals surface area contributed by atoms with Crippen molar-refractivity contribution in [1.29, 1.82) is 0 Å². The predicted molar refractivity (Wildman–Crippen MR) is 75.5 cm³/mol. The number of nitrogens with zero attached hydrogens (tertiary/aromatic N) is 1. The van der Waals surface area contributed by atoms with Gasteiger partial charge in [0.25, 0.3) is 0 Å². The minimum absolute atomic E-state index is 0.0458. The Kier molecular flexibility index (Phi) is 4.15. The SMILES string of the molecule is CC(=O)c1cccc(S(=O)(=O)N2CCC(C)C2C(=O)O)c1. The van der Waals surface area contributed by atoms with Crippen molar-refractivity contribution in [2.45, 2.75) is 31.2 Å². The number of benzene rings is 1. The lowest BCUT2D eigenvalue weighted by Crippen LogP contribution is -2.42. The Hall–Kier alpha value is -1.73. The minimum atomic E-state index is -3.92. The van der Waals surface area contributed by atoms with Gasteiger partial charge in [0, 0.05) is 12.1 Å². The second-order valence-electron chi connectivity index (χ2n) is 5.25. The fourth-order valence-electron chi connectivity index (χ4n) is 2.56. The van der Waals surface area contributed by atoms with Crippen LogP contribution in [0, 0.1) is 5.92 Å². The van der Waals surface area contributed by atoms with Gasteiger partial charge in [-0.2, -0.15) is 4.31 Å². The molecule has 2 rings (SSSR count). The predicted octanol–water partition coefficient (Wildman–Crippen LogP) is 1.37. The van der Waals surface area contributed by atoms with E-state index in [0.29, 0.717) is 6.42 Å². The number of rotatable bonds is 4. The molecule has 1 saturated heterocycles. The third-order valence-corrected chi connectivity index (χ3v) is 5.63. The van der Waals surface area contributed by atoms with Crippen molar-refractivity contribution in [3.63, 3.8) is 0 Å². The van der Waals surface area contributed by atoms with E-state index in [-0.39, 0.29) is 28.7 Å². The fourth-order valence-corrected chi connectivity index (χ4v) is 4.30. The minimum Gasteiger partial charge on any atom is -0.480 e. The smallest absolute Gasteiger partial charge is 0.322 e. The van der Waals surface area contributed by atoms with Gasteiger partial charge in [-0.3, -0.25) is 9.59 Å². The van der Waals surface area contributed by atoms with Gasteiger partial charge in [0.1, 0.15) is 6.04 Å². The average Bonchev–Trinajstić information content (AvgIpc) is 2.81. The molecule has 0 aromatic heterocycles.